The van der Waals surface area contributed by atoms with E-state index in [0.29, 0.717) is 19.4 Å². The van der Waals surface area contributed by atoms with Crippen LogP contribution in [0.1, 0.15) is 71.6 Å². The Morgan fingerprint density at radius 2 is 1.71 bits per heavy atom. The average Bonchev–Trinajstić information content (AvgIpc) is 2.87. The van der Waals surface area contributed by atoms with E-state index in [1.165, 1.54) is 19.3 Å². The lowest BCUT2D eigenvalue weighted by Gasteiger charge is -2.25. The Balaban J connectivity index is 2.12. The third kappa shape index (κ3) is 6.36. The highest BCUT2D eigenvalue weighted by molar-refractivity contribution is 5.86. The molecule has 0 radical (unpaired) electrons. The number of nitrogens with one attached hydrogen (secondary N) is 2. The van der Waals surface area contributed by atoms with Crippen molar-refractivity contribution in [1.82, 2.24) is 10.6 Å². The number of carbonyl (C=O) groups is 2. The average molecular weight is 298 g/mol. The third-order valence-electron chi connectivity index (χ3n) is 4.21. The monoisotopic (exact) mass is 298 g/mol. The zero-order valence-electron chi connectivity index (χ0n) is 13.4. The van der Waals surface area contributed by atoms with Gasteiger partial charge in [0, 0.05) is 6.54 Å². The zero-order valence-corrected chi connectivity index (χ0v) is 13.4. The van der Waals surface area contributed by atoms with Crippen LogP contribution in [0.25, 0.3) is 0 Å². The summed E-state index contributed by atoms with van der Waals surface area (Å²) >= 11 is 0. The van der Waals surface area contributed by atoms with E-state index in [0.717, 1.165) is 31.6 Å². The summed E-state index contributed by atoms with van der Waals surface area (Å²) in [5.74, 6) is -0.156. The number of unbranched alkanes of at least 4 members (excludes halogenated alkanes) is 3. The lowest BCUT2D eigenvalue weighted by atomic mass is 9.98. The molecule has 0 unspecified atom stereocenters. The predicted octanol–water partition coefficient (Wildman–Crippen LogP) is 3.29. The van der Waals surface area contributed by atoms with Crippen molar-refractivity contribution < 1.29 is 14.7 Å². The van der Waals surface area contributed by atoms with Crippen LogP contribution in [0.4, 0.5) is 4.79 Å². The van der Waals surface area contributed by atoms with E-state index in [1.54, 1.807) is 0 Å². The molecular weight excluding hydrogens is 268 g/mol. The summed E-state index contributed by atoms with van der Waals surface area (Å²) in [5.41, 5.74) is -1.04. The number of carboxylic acids is 1. The van der Waals surface area contributed by atoms with Gasteiger partial charge >= 0.3 is 12.0 Å². The largest absolute Gasteiger partial charge is 0.480 e. The quantitative estimate of drug-likeness (QED) is 0.571. The summed E-state index contributed by atoms with van der Waals surface area (Å²) < 4.78 is 0. The van der Waals surface area contributed by atoms with Gasteiger partial charge in [0.1, 0.15) is 5.54 Å². The number of rotatable bonds is 9. The maximum absolute atomic E-state index is 11.8. The Morgan fingerprint density at radius 1 is 1.10 bits per heavy atom. The second kappa shape index (κ2) is 8.90. The molecule has 21 heavy (non-hydrogen) atoms. The number of hydrogen-bond acceptors (Lipinski definition) is 2. The summed E-state index contributed by atoms with van der Waals surface area (Å²) in [7, 11) is 0. The van der Waals surface area contributed by atoms with Crippen molar-refractivity contribution >= 4 is 12.0 Å². The summed E-state index contributed by atoms with van der Waals surface area (Å²) in [5, 5.41) is 14.7. The van der Waals surface area contributed by atoms with Gasteiger partial charge in [-0.05, 0) is 25.2 Å². The van der Waals surface area contributed by atoms with Gasteiger partial charge in [-0.3, -0.25) is 0 Å². The second-order valence-corrected chi connectivity index (χ2v) is 6.57. The van der Waals surface area contributed by atoms with Crippen LogP contribution in [-0.2, 0) is 4.79 Å². The van der Waals surface area contributed by atoms with Crippen molar-refractivity contribution in [2.24, 2.45) is 5.92 Å². The van der Waals surface area contributed by atoms with Crippen LogP contribution in [0.3, 0.4) is 0 Å². The van der Waals surface area contributed by atoms with E-state index in [2.05, 4.69) is 24.5 Å². The number of carboxylic acid groups (broad SMARTS) is 1. The summed E-state index contributed by atoms with van der Waals surface area (Å²) in [4.78, 5) is 23.1. The van der Waals surface area contributed by atoms with Gasteiger partial charge in [-0.25, -0.2) is 9.59 Å². The highest BCUT2D eigenvalue weighted by Gasteiger charge is 2.42. The molecule has 3 N–H and O–H groups in total. The van der Waals surface area contributed by atoms with Crippen LogP contribution in [0.15, 0.2) is 0 Å². The topological polar surface area (TPSA) is 78.4 Å². The van der Waals surface area contributed by atoms with Crippen molar-refractivity contribution in [3.8, 4) is 0 Å². The zero-order chi connectivity index (χ0) is 15.7. The van der Waals surface area contributed by atoms with E-state index >= 15 is 0 Å². The Morgan fingerprint density at radius 3 is 2.29 bits per heavy atom. The van der Waals surface area contributed by atoms with Gasteiger partial charge in [-0.15, -0.1) is 0 Å². The standard InChI is InChI=1S/C16H30N2O3/c1-13(2)9-5-3-4-8-12-17-15(21)18-16(14(19)20)10-6-7-11-16/h13H,3-12H2,1-2H3,(H,19,20)(H2,17,18,21). The van der Waals surface area contributed by atoms with Gasteiger partial charge in [-0.1, -0.05) is 52.4 Å². The van der Waals surface area contributed by atoms with Gasteiger partial charge in [-0.2, -0.15) is 0 Å². The molecule has 0 spiro atoms. The molecule has 1 aliphatic carbocycles. The van der Waals surface area contributed by atoms with Crippen LogP contribution in [-0.4, -0.2) is 29.2 Å². The molecular formula is C16H30N2O3. The SMILES string of the molecule is CC(C)CCCCCCNC(=O)NC1(C(=O)O)CCCC1. The van der Waals surface area contributed by atoms with Crippen molar-refractivity contribution in [3.05, 3.63) is 0 Å². The van der Waals surface area contributed by atoms with Crippen LogP contribution in [0.5, 0.6) is 0 Å². The Hall–Kier alpha value is -1.26. The molecule has 1 fully saturated rings. The van der Waals surface area contributed by atoms with Crippen molar-refractivity contribution in [2.45, 2.75) is 77.2 Å². The summed E-state index contributed by atoms with van der Waals surface area (Å²) in [6.45, 7) is 5.07. The molecule has 0 aromatic rings. The van der Waals surface area contributed by atoms with Gasteiger partial charge in [0.25, 0.3) is 0 Å². The first-order valence-corrected chi connectivity index (χ1v) is 8.26. The molecule has 0 heterocycles. The fourth-order valence-electron chi connectivity index (χ4n) is 2.87. The van der Waals surface area contributed by atoms with E-state index in [1.807, 2.05) is 0 Å². The normalized spacial score (nSPS) is 16.9. The highest BCUT2D eigenvalue weighted by atomic mass is 16.4. The van der Waals surface area contributed by atoms with Gasteiger partial charge < -0.3 is 15.7 Å². The number of amides is 2. The van der Waals surface area contributed by atoms with Crippen molar-refractivity contribution in [3.63, 3.8) is 0 Å². The molecule has 0 aliphatic heterocycles. The highest BCUT2D eigenvalue weighted by Crippen LogP contribution is 2.29. The number of carbonyl (C=O) groups excluding carboxylic acids is 1. The van der Waals surface area contributed by atoms with Gasteiger partial charge in [0.05, 0.1) is 0 Å². The summed E-state index contributed by atoms with van der Waals surface area (Å²) in [6, 6.07) is -0.346. The molecule has 0 saturated heterocycles. The lowest BCUT2D eigenvalue weighted by Crippen LogP contribution is -2.55. The van der Waals surface area contributed by atoms with Crippen molar-refractivity contribution in [2.75, 3.05) is 6.54 Å². The van der Waals surface area contributed by atoms with Gasteiger partial charge in [0.15, 0.2) is 0 Å². The Kier molecular flexibility index (Phi) is 7.54. The molecule has 122 valence electrons. The Bertz CT molecular complexity index is 336. The predicted molar refractivity (Wildman–Crippen MR) is 83.3 cm³/mol. The molecule has 1 rings (SSSR count). The number of urea groups is 1. The fourth-order valence-corrected chi connectivity index (χ4v) is 2.87. The van der Waals surface area contributed by atoms with E-state index in [9.17, 15) is 14.7 Å². The van der Waals surface area contributed by atoms with Crippen LogP contribution in [0.2, 0.25) is 0 Å². The first kappa shape index (κ1) is 17.8. The van der Waals surface area contributed by atoms with Gasteiger partial charge in [0.2, 0.25) is 0 Å². The van der Waals surface area contributed by atoms with E-state index in [4.69, 9.17) is 0 Å². The van der Waals surface area contributed by atoms with E-state index in [-0.39, 0.29) is 6.03 Å². The third-order valence-corrected chi connectivity index (χ3v) is 4.21. The smallest absolute Gasteiger partial charge is 0.329 e. The lowest BCUT2D eigenvalue weighted by molar-refractivity contribution is -0.144. The second-order valence-electron chi connectivity index (χ2n) is 6.57. The number of aliphatic carboxylic acids is 1. The van der Waals surface area contributed by atoms with Crippen LogP contribution < -0.4 is 10.6 Å². The van der Waals surface area contributed by atoms with Crippen molar-refractivity contribution in [1.29, 1.82) is 0 Å². The molecule has 0 aromatic carbocycles. The Labute approximate surface area is 127 Å². The molecule has 2 amide bonds. The maximum atomic E-state index is 11.8. The molecule has 1 aliphatic rings. The molecule has 5 heteroatoms. The summed E-state index contributed by atoms with van der Waals surface area (Å²) in [6.07, 6.45) is 8.55. The minimum Gasteiger partial charge on any atom is -0.480 e. The maximum Gasteiger partial charge on any atom is 0.329 e. The molecule has 0 aromatic heterocycles. The molecule has 0 bridgehead atoms. The molecule has 0 atom stereocenters. The minimum atomic E-state index is -1.04. The molecule has 5 nitrogen and oxygen atoms in total. The van der Waals surface area contributed by atoms with Crippen LogP contribution in [0, 0.1) is 5.92 Å². The first-order chi connectivity index (χ1) is 9.96. The van der Waals surface area contributed by atoms with E-state index < -0.39 is 11.5 Å². The minimum absolute atomic E-state index is 0.346. The van der Waals surface area contributed by atoms with Crippen LogP contribution >= 0.6 is 0 Å². The fraction of sp³-hybridized carbons (Fsp3) is 0.875. The first-order valence-electron chi connectivity index (χ1n) is 8.26. The molecule has 1 saturated carbocycles. The number of hydrogen-bond donors (Lipinski definition) is 3.